The number of hydrogen-bond donors (Lipinski definition) is 1. The highest BCUT2D eigenvalue weighted by atomic mass is 16.2. The van der Waals surface area contributed by atoms with Crippen LogP contribution in [0.15, 0.2) is 66.9 Å². The Morgan fingerprint density at radius 2 is 1.53 bits per heavy atom. The van der Waals surface area contributed by atoms with Gasteiger partial charge in [0.25, 0.3) is 0 Å². The first kappa shape index (κ1) is 36.1. The van der Waals surface area contributed by atoms with Gasteiger partial charge in [-0.2, -0.15) is 0 Å². The maximum Gasteiger partial charge on any atom is 0.230 e. The van der Waals surface area contributed by atoms with Crippen molar-refractivity contribution in [2.45, 2.75) is 113 Å². The molecule has 1 heterocycles. The van der Waals surface area contributed by atoms with Gasteiger partial charge in [-0.3, -0.25) is 14.4 Å². The van der Waals surface area contributed by atoms with Crippen molar-refractivity contribution in [2.75, 3.05) is 5.32 Å². The van der Waals surface area contributed by atoms with Crippen molar-refractivity contribution in [1.29, 1.82) is 0 Å². The standard InChI is InChI=1S/C46H58N4O3/c1-28(2)34-19-24-46(41(53)47-32-13-9-31(10-14-32)36-27-50(49-48-36)33-15-11-30(12-16-33)29(3)51)26-25-44(7)35(40(34)46)17-18-38-43(6)22-21-39(52)42(4,5)37(43)20-23-45(38,44)8/h9-16,27,34-35,37-38,40H,1,17-26H2,2-8H3,(H,47,53)/t34-,35+,37-,38+,40+,43-,44+,45+,46-/m0/s1. The van der Waals surface area contributed by atoms with E-state index in [0.717, 1.165) is 74.0 Å². The van der Waals surface area contributed by atoms with Crippen LogP contribution in [0.4, 0.5) is 5.69 Å². The summed E-state index contributed by atoms with van der Waals surface area (Å²) in [6.45, 7) is 20.5. The Morgan fingerprint density at radius 1 is 0.811 bits per heavy atom. The van der Waals surface area contributed by atoms with Gasteiger partial charge in [-0.15, -0.1) is 5.10 Å². The first-order valence-corrected chi connectivity index (χ1v) is 20.2. The third kappa shape index (κ3) is 5.22. The summed E-state index contributed by atoms with van der Waals surface area (Å²) in [5.41, 5.74) is 5.03. The number of nitrogens with one attached hydrogen (secondary N) is 1. The lowest BCUT2D eigenvalue weighted by molar-refractivity contribution is -0.232. The molecule has 7 nitrogen and oxygen atoms in total. The number of fused-ring (bicyclic) bond motifs is 7. The normalized spacial score (nSPS) is 37.1. The van der Waals surface area contributed by atoms with Crippen LogP contribution in [0.3, 0.4) is 0 Å². The highest BCUT2D eigenvalue weighted by molar-refractivity contribution is 5.96. The van der Waals surface area contributed by atoms with Gasteiger partial charge in [-0.1, -0.05) is 64.1 Å². The molecule has 280 valence electrons. The number of Topliss-reactive ketones (excluding diaryl/α,β-unsaturated/α-hetero) is 2. The average Bonchev–Trinajstić information content (AvgIpc) is 3.78. The average molecular weight is 715 g/mol. The molecule has 0 unspecified atom stereocenters. The molecule has 53 heavy (non-hydrogen) atoms. The number of amides is 1. The second-order valence-electron chi connectivity index (χ2n) is 19.2. The monoisotopic (exact) mass is 714 g/mol. The van der Waals surface area contributed by atoms with Gasteiger partial charge in [-0.05, 0) is 154 Å². The third-order valence-electron chi connectivity index (χ3n) is 16.7. The summed E-state index contributed by atoms with van der Waals surface area (Å²) in [6.07, 6.45) is 12.2. The number of hydrogen-bond acceptors (Lipinski definition) is 5. The molecule has 5 aliphatic rings. The Kier molecular flexibility index (Phi) is 8.40. The minimum absolute atomic E-state index is 0.0286. The molecule has 7 heteroatoms. The van der Waals surface area contributed by atoms with E-state index in [1.807, 2.05) is 42.6 Å². The number of nitrogens with zero attached hydrogens (tertiary/aromatic N) is 3. The number of anilines is 1. The van der Waals surface area contributed by atoms with Gasteiger partial charge in [-0.25, -0.2) is 4.68 Å². The molecule has 0 spiro atoms. The first-order valence-electron chi connectivity index (χ1n) is 20.2. The maximum atomic E-state index is 14.8. The van der Waals surface area contributed by atoms with E-state index in [-0.39, 0.29) is 39.3 Å². The largest absolute Gasteiger partial charge is 0.326 e. The number of ketones is 2. The summed E-state index contributed by atoms with van der Waals surface area (Å²) >= 11 is 0. The molecular formula is C46H58N4O3. The van der Waals surface area contributed by atoms with E-state index >= 15 is 0 Å². The topological polar surface area (TPSA) is 93.9 Å². The molecule has 8 rings (SSSR count). The van der Waals surface area contributed by atoms with Gasteiger partial charge < -0.3 is 5.32 Å². The Bertz CT molecular complexity index is 1980. The van der Waals surface area contributed by atoms with Crippen LogP contribution < -0.4 is 5.32 Å². The van der Waals surface area contributed by atoms with Crippen molar-refractivity contribution in [1.82, 2.24) is 15.0 Å². The summed E-state index contributed by atoms with van der Waals surface area (Å²) in [6, 6.07) is 15.3. The van der Waals surface area contributed by atoms with Gasteiger partial charge in [0, 0.05) is 28.7 Å². The van der Waals surface area contributed by atoms with Crippen LogP contribution >= 0.6 is 0 Å². The number of aromatic nitrogens is 3. The molecular weight excluding hydrogens is 657 g/mol. The lowest BCUT2D eigenvalue weighted by Crippen LogP contribution is -2.67. The lowest BCUT2D eigenvalue weighted by Gasteiger charge is -2.72. The number of allylic oxidation sites excluding steroid dienone is 1. The Balaban J connectivity index is 1.04. The van der Waals surface area contributed by atoms with Gasteiger partial charge in [0.15, 0.2) is 5.78 Å². The van der Waals surface area contributed by atoms with Crippen molar-refractivity contribution in [3.63, 3.8) is 0 Å². The summed E-state index contributed by atoms with van der Waals surface area (Å²) in [7, 11) is 0. The fraction of sp³-hybridized carbons (Fsp3) is 0.587. The van der Waals surface area contributed by atoms with E-state index in [1.165, 1.54) is 18.4 Å². The fourth-order valence-electron chi connectivity index (χ4n) is 13.7. The molecule has 0 saturated heterocycles. The quantitative estimate of drug-likeness (QED) is 0.203. The van der Waals surface area contributed by atoms with Crippen molar-refractivity contribution in [3.05, 3.63) is 72.4 Å². The number of carbonyl (C=O) groups excluding carboxylic acids is 3. The van der Waals surface area contributed by atoms with Gasteiger partial charge in [0.1, 0.15) is 11.5 Å². The molecule has 9 atom stereocenters. The van der Waals surface area contributed by atoms with Crippen LogP contribution in [0.25, 0.3) is 16.9 Å². The molecule has 1 amide bonds. The van der Waals surface area contributed by atoms with Crippen molar-refractivity contribution in [2.24, 2.45) is 56.7 Å². The fourth-order valence-corrected chi connectivity index (χ4v) is 13.7. The van der Waals surface area contributed by atoms with Crippen molar-refractivity contribution >= 4 is 23.2 Å². The maximum absolute atomic E-state index is 14.8. The number of carbonyl (C=O) groups is 3. The Labute approximate surface area is 315 Å². The second kappa shape index (κ2) is 12.3. The zero-order valence-corrected chi connectivity index (χ0v) is 32.9. The minimum Gasteiger partial charge on any atom is -0.326 e. The van der Waals surface area contributed by atoms with Crippen molar-refractivity contribution in [3.8, 4) is 16.9 Å². The third-order valence-corrected chi connectivity index (χ3v) is 16.7. The zero-order valence-electron chi connectivity index (χ0n) is 32.9. The predicted octanol–water partition coefficient (Wildman–Crippen LogP) is 10.3. The number of benzene rings is 2. The number of rotatable bonds is 6. The van der Waals surface area contributed by atoms with Crippen LogP contribution in [-0.4, -0.2) is 32.5 Å². The van der Waals surface area contributed by atoms with E-state index in [9.17, 15) is 14.4 Å². The summed E-state index contributed by atoms with van der Waals surface area (Å²) in [4.78, 5) is 39.7. The second-order valence-corrected chi connectivity index (χ2v) is 19.2. The molecule has 0 radical (unpaired) electrons. The highest BCUT2D eigenvalue weighted by Crippen LogP contribution is 2.77. The Morgan fingerprint density at radius 3 is 2.21 bits per heavy atom. The molecule has 2 aromatic carbocycles. The molecule has 5 aliphatic carbocycles. The van der Waals surface area contributed by atoms with E-state index in [1.54, 1.807) is 23.7 Å². The predicted molar refractivity (Wildman–Crippen MR) is 209 cm³/mol. The molecule has 0 bridgehead atoms. The van der Waals surface area contributed by atoms with E-state index in [4.69, 9.17) is 0 Å². The molecule has 3 aromatic rings. The first-order chi connectivity index (χ1) is 25.0. The smallest absolute Gasteiger partial charge is 0.230 e. The SMILES string of the molecule is C=C(C)[C@@H]1CC[C@]2(C(=O)Nc3ccc(-c4cn(-c5ccc(C(C)=O)cc5)nn4)cc3)CC[C@]3(C)[C@H](CC[C@@H]4[C@@]5(C)CCC(=O)C(C)(C)[C@@H]5CC[C@]43C)[C@@H]12. The van der Waals surface area contributed by atoms with Crippen LogP contribution in [0.5, 0.6) is 0 Å². The molecule has 5 saturated carbocycles. The van der Waals surface area contributed by atoms with Gasteiger partial charge in [0.2, 0.25) is 5.91 Å². The summed E-state index contributed by atoms with van der Waals surface area (Å²) < 4.78 is 1.71. The molecule has 5 fully saturated rings. The summed E-state index contributed by atoms with van der Waals surface area (Å²) in [5.74, 6) is 2.82. The zero-order chi connectivity index (χ0) is 37.7. The van der Waals surface area contributed by atoms with Crippen molar-refractivity contribution < 1.29 is 14.4 Å². The summed E-state index contributed by atoms with van der Waals surface area (Å²) in [5, 5.41) is 12.1. The van der Waals surface area contributed by atoms with E-state index in [2.05, 4.69) is 63.8 Å². The lowest BCUT2D eigenvalue weighted by atomic mass is 9.32. The van der Waals surface area contributed by atoms with E-state index < -0.39 is 5.41 Å². The highest BCUT2D eigenvalue weighted by Gasteiger charge is 2.72. The van der Waals surface area contributed by atoms with E-state index in [0.29, 0.717) is 35.0 Å². The minimum atomic E-state index is -0.406. The molecule has 1 N–H and O–H groups in total. The molecule has 1 aromatic heterocycles. The van der Waals surface area contributed by atoms with Crippen LogP contribution in [0, 0.1) is 56.7 Å². The van der Waals surface area contributed by atoms with Crippen LogP contribution in [-0.2, 0) is 9.59 Å². The Hall–Kier alpha value is -3.87. The van der Waals surface area contributed by atoms with Gasteiger partial charge in [0.05, 0.1) is 17.3 Å². The van der Waals surface area contributed by atoms with Gasteiger partial charge >= 0.3 is 0 Å². The van der Waals surface area contributed by atoms with Crippen LogP contribution in [0.1, 0.15) is 123 Å². The van der Waals surface area contributed by atoms with Crippen LogP contribution in [0.2, 0.25) is 0 Å². The molecule has 0 aliphatic heterocycles.